The fraction of sp³-hybridized carbons (Fsp3) is 0.355. The lowest BCUT2D eigenvalue weighted by Gasteiger charge is -2.29. The van der Waals surface area contributed by atoms with Crippen LogP contribution >= 0.6 is 21.6 Å². The summed E-state index contributed by atoms with van der Waals surface area (Å²) < 4.78 is 5.36. The Kier molecular flexibility index (Phi) is 11.3. The van der Waals surface area contributed by atoms with Crippen LogP contribution in [0.1, 0.15) is 59.4 Å². The smallest absolute Gasteiger partial charge is 0.411 e. The molecule has 0 bridgehead atoms. The van der Waals surface area contributed by atoms with Gasteiger partial charge in [-0.2, -0.15) is 0 Å². The molecule has 3 N–H and O–H groups in total. The number of nitrogens with one attached hydrogen (secondary N) is 2. The molecule has 3 unspecified atom stereocenters. The molecular formula is C31H34N4O8S2. The second-order valence-electron chi connectivity index (χ2n) is 10.7. The Hall–Kier alpha value is -4.30. The molecule has 0 saturated carbocycles. The number of fused-ring (bicyclic) bond motifs is 1. The summed E-state index contributed by atoms with van der Waals surface area (Å²) in [7, 11) is 2.84. The molecule has 14 heteroatoms. The maximum absolute atomic E-state index is 13.3. The zero-order chi connectivity index (χ0) is 32.7. The molecule has 3 atom stereocenters. The van der Waals surface area contributed by atoms with E-state index in [0.717, 1.165) is 10.5 Å². The van der Waals surface area contributed by atoms with Gasteiger partial charge in [0.1, 0.15) is 19.2 Å². The summed E-state index contributed by atoms with van der Waals surface area (Å²) in [5.41, 5.74) is 1.54. The summed E-state index contributed by atoms with van der Waals surface area (Å²) in [4.78, 5) is 77.9. The number of benzene rings is 2. The molecule has 4 rings (SSSR count). The number of anilines is 1. The molecule has 5 amide bonds. The lowest BCUT2D eigenvalue weighted by Crippen LogP contribution is -2.51. The number of hydrogen-bond acceptors (Lipinski definition) is 9. The summed E-state index contributed by atoms with van der Waals surface area (Å²) >= 11 is 0. The molecule has 0 aromatic heterocycles. The van der Waals surface area contributed by atoms with E-state index in [-0.39, 0.29) is 59.2 Å². The van der Waals surface area contributed by atoms with Gasteiger partial charge < -0.3 is 20.1 Å². The highest BCUT2D eigenvalue weighted by Gasteiger charge is 2.45. The summed E-state index contributed by atoms with van der Waals surface area (Å²) in [6.07, 6.45) is 0.00350. The number of hydrogen-bond donors (Lipinski definition) is 3. The van der Waals surface area contributed by atoms with Crippen LogP contribution in [0.5, 0.6) is 0 Å². The Morgan fingerprint density at radius 3 is 2.47 bits per heavy atom. The lowest BCUT2D eigenvalue weighted by atomic mass is 10.0. The zero-order valence-electron chi connectivity index (χ0n) is 24.8. The van der Waals surface area contributed by atoms with Crippen molar-refractivity contribution in [2.24, 2.45) is 0 Å². The highest BCUT2D eigenvalue weighted by atomic mass is 33.1. The molecule has 2 heterocycles. The molecule has 0 spiro atoms. The molecule has 12 nitrogen and oxygen atoms in total. The van der Waals surface area contributed by atoms with Crippen LogP contribution in [-0.2, 0) is 25.7 Å². The Bertz CT molecular complexity index is 1500. The minimum Gasteiger partial charge on any atom is -0.480 e. The van der Waals surface area contributed by atoms with E-state index < -0.39 is 42.4 Å². The summed E-state index contributed by atoms with van der Waals surface area (Å²) in [6, 6.07) is 12.7. The molecule has 1 saturated heterocycles. The van der Waals surface area contributed by atoms with Crippen molar-refractivity contribution in [3.8, 4) is 0 Å². The van der Waals surface area contributed by atoms with E-state index >= 15 is 0 Å². The number of carboxylic acids is 1. The first-order valence-electron chi connectivity index (χ1n) is 14.2. The van der Waals surface area contributed by atoms with Gasteiger partial charge in [0, 0.05) is 29.2 Å². The van der Waals surface area contributed by atoms with Crippen molar-refractivity contribution in [1.29, 1.82) is 0 Å². The first-order valence-corrected chi connectivity index (χ1v) is 16.5. The van der Waals surface area contributed by atoms with Gasteiger partial charge in [0.25, 0.3) is 11.8 Å². The van der Waals surface area contributed by atoms with Crippen molar-refractivity contribution in [3.05, 3.63) is 77.5 Å². The number of rotatable bonds is 13. The van der Waals surface area contributed by atoms with E-state index in [0.29, 0.717) is 12.1 Å². The first kappa shape index (κ1) is 33.6. The van der Waals surface area contributed by atoms with Crippen LogP contribution in [-0.4, -0.2) is 80.3 Å². The standard InChI is InChI=1S/C31H34N4O8S2/c1-18-12-13-24(28(39)32-18)35-29(40)22-10-7-11-23(27(22)30(35)41)33-31(42)43-17-20(3)45-44-19(2)14-25(36)34(16-26(37)38)15-21-8-5-4-6-9-21/h4-11,19-20,24H,1,12-17H2,2-3H3,(H,32,39)(H,33,42)(H,37,38). The molecule has 238 valence electrons. The fourth-order valence-corrected chi connectivity index (χ4v) is 7.09. The van der Waals surface area contributed by atoms with Gasteiger partial charge in [-0.15, -0.1) is 0 Å². The third kappa shape index (κ3) is 8.66. The Labute approximate surface area is 268 Å². The number of carboxylic acid groups (broad SMARTS) is 1. The topological polar surface area (TPSA) is 162 Å². The molecule has 2 aliphatic heterocycles. The van der Waals surface area contributed by atoms with Crippen LogP contribution < -0.4 is 10.6 Å². The number of imide groups is 1. The van der Waals surface area contributed by atoms with Crippen LogP contribution in [0.25, 0.3) is 0 Å². The minimum atomic E-state index is -1.09. The van der Waals surface area contributed by atoms with Crippen molar-refractivity contribution >= 4 is 63.0 Å². The highest BCUT2D eigenvalue weighted by Crippen LogP contribution is 2.34. The van der Waals surface area contributed by atoms with Gasteiger partial charge in [0.05, 0.1) is 16.8 Å². The molecule has 0 radical (unpaired) electrons. The number of allylic oxidation sites excluding steroid dienone is 1. The second kappa shape index (κ2) is 15.1. The minimum absolute atomic E-state index is 0.00247. The highest BCUT2D eigenvalue weighted by molar-refractivity contribution is 8.77. The average Bonchev–Trinajstić information content (AvgIpc) is 3.25. The molecule has 2 aliphatic rings. The van der Waals surface area contributed by atoms with Crippen LogP contribution in [0.3, 0.4) is 0 Å². The van der Waals surface area contributed by atoms with E-state index in [4.69, 9.17) is 4.74 Å². The number of aliphatic carboxylic acids is 1. The normalized spacial score (nSPS) is 17.3. The van der Waals surface area contributed by atoms with E-state index in [1.807, 2.05) is 44.2 Å². The van der Waals surface area contributed by atoms with Gasteiger partial charge in [-0.05, 0) is 37.5 Å². The third-order valence-corrected chi connectivity index (χ3v) is 10.4. The van der Waals surface area contributed by atoms with E-state index in [2.05, 4.69) is 17.2 Å². The summed E-state index contributed by atoms with van der Waals surface area (Å²) in [6.45, 7) is 7.25. The van der Waals surface area contributed by atoms with Gasteiger partial charge in [-0.1, -0.05) is 71.5 Å². The quantitative estimate of drug-likeness (QED) is 0.210. The number of carbonyl (C=O) groups is 6. The number of amides is 5. The molecule has 0 aliphatic carbocycles. The predicted octanol–water partition coefficient (Wildman–Crippen LogP) is 4.29. The van der Waals surface area contributed by atoms with Gasteiger partial charge in [0.2, 0.25) is 11.8 Å². The van der Waals surface area contributed by atoms with Gasteiger partial charge in [0.15, 0.2) is 0 Å². The zero-order valence-corrected chi connectivity index (χ0v) is 26.4. The number of nitrogens with zero attached hydrogens (tertiary/aromatic N) is 2. The van der Waals surface area contributed by atoms with Crippen molar-refractivity contribution in [2.45, 2.75) is 56.2 Å². The SMILES string of the molecule is C=C1CCC(N2C(=O)c3cccc(NC(=O)OCC(C)SSC(C)CC(=O)N(CC(=O)O)Cc4ccccc4)c3C2=O)C(=O)N1. The Morgan fingerprint density at radius 2 is 1.78 bits per heavy atom. The first-order chi connectivity index (χ1) is 21.4. The molecule has 2 aromatic rings. The predicted molar refractivity (Wildman–Crippen MR) is 170 cm³/mol. The van der Waals surface area contributed by atoms with Crippen molar-refractivity contribution in [3.63, 3.8) is 0 Å². The average molecular weight is 655 g/mol. The molecule has 1 fully saturated rings. The molecular weight excluding hydrogens is 620 g/mol. The molecule has 45 heavy (non-hydrogen) atoms. The van der Waals surface area contributed by atoms with Gasteiger partial charge in [-0.3, -0.25) is 34.2 Å². The lowest BCUT2D eigenvalue weighted by molar-refractivity contribution is -0.144. The van der Waals surface area contributed by atoms with Crippen molar-refractivity contribution in [1.82, 2.24) is 15.1 Å². The van der Waals surface area contributed by atoms with Crippen molar-refractivity contribution in [2.75, 3.05) is 18.5 Å². The fourth-order valence-electron chi connectivity index (χ4n) is 4.86. The van der Waals surface area contributed by atoms with E-state index in [1.165, 1.54) is 44.7 Å². The maximum Gasteiger partial charge on any atom is 0.411 e. The largest absolute Gasteiger partial charge is 0.480 e. The van der Waals surface area contributed by atoms with Gasteiger partial charge >= 0.3 is 12.1 Å². The summed E-state index contributed by atoms with van der Waals surface area (Å²) in [5, 5.41) is 14.1. The van der Waals surface area contributed by atoms with E-state index in [1.54, 1.807) is 0 Å². The number of piperidine rings is 1. The number of ether oxygens (including phenoxy) is 1. The van der Waals surface area contributed by atoms with Crippen LogP contribution in [0.4, 0.5) is 10.5 Å². The second-order valence-corrected chi connectivity index (χ2v) is 13.9. The summed E-state index contributed by atoms with van der Waals surface area (Å²) in [5.74, 6) is -3.13. The van der Waals surface area contributed by atoms with Crippen LogP contribution in [0, 0.1) is 0 Å². The maximum atomic E-state index is 13.3. The van der Waals surface area contributed by atoms with Crippen molar-refractivity contribution < 1.29 is 38.6 Å². The Morgan fingerprint density at radius 1 is 1.07 bits per heavy atom. The van der Waals surface area contributed by atoms with E-state index in [9.17, 15) is 33.9 Å². The van der Waals surface area contributed by atoms with Crippen LogP contribution in [0.15, 0.2) is 60.8 Å². The third-order valence-electron chi connectivity index (χ3n) is 7.01. The number of carbonyl (C=O) groups excluding carboxylic acids is 5. The Balaban J connectivity index is 1.26. The molecule has 2 aromatic carbocycles. The van der Waals surface area contributed by atoms with Crippen LogP contribution in [0.2, 0.25) is 0 Å². The van der Waals surface area contributed by atoms with Gasteiger partial charge in [-0.25, -0.2) is 4.79 Å². The monoisotopic (exact) mass is 654 g/mol.